The molecule has 0 radical (unpaired) electrons. The summed E-state index contributed by atoms with van der Waals surface area (Å²) in [4.78, 5) is 0. The second-order valence-electron chi connectivity index (χ2n) is 6.74. The van der Waals surface area contributed by atoms with E-state index in [1.165, 1.54) is 24.8 Å². The van der Waals surface area contributed by atoms with Crippen LogP contribution in [0.3, 0.4) is 0 Å². The van der Waals surface area contributed by atoms with Crippen molar-refractivity contribution in [3.05, 3.63) is 23.8 Å². The summed E-state index contributed by atoms with van der Waals surface area (Å²) in [6, 6.07) is 6.19. The molecule has 108 valence electrons. The lowest BCUT2D eigenvalue weighted by atomic mass is 9.93. The zero-order valence-corrected chi connectivity index (χ0v) is 12.2. The van der Waals surface area contributed by atoms with Crippen molar-refractivity contribution in [1.29, 1.82) is 0 Å². The standard InChI is InChI=1S/C17H23NO2/c1-19-12-6-11(7-13(8-12)20-2)17(18)16-14-9-3-4-10(5-9)15(14)16/h6-10,14-17H,3-5,18H2,1-2H3. The lowest BCUT2D eigenvalue weighted by molar-refractivity contribution is 0.387. The van der Waals surface area contributed by atoms with Crippen molar-refractivity contribution in [2.24, 2.45) is 35.3 Å². The first-order chi connectivity index (χ1) is 9.72. The molecule has 3 aliphatic carbocycles. The Morgan fingerprint density at radius 2 is 1.55 bits per heavy atom. The number of nitrogens with two attached hydrogens (primary N) is 1. The summed E-state index contributed by atoms with van der Waals surface area (Å²) in [5.41, 5.74) is 7.75. The van der Waals surface area contributed by atoms with Gasteiger partial charge >= 0.3 is 0 Å². The summed E-state index contributed by atoms with van der Waals surface area (Å²) in [6.45, 7) is 0. The van der Waals surface area contributed by atoms with Crippen LogP contribution in [0, 0.1) is 29.6 Å². The smallest absolute Gasteiger partial charge is 0.122 e. The van der Waals surface area contributed by atoms with Gasteiger partial charge in [-0.05, 0) is 66.5 Å². The molecule has 3 saturated carbocycles. The molecule has 2 N–H and O–H groups in total. The predicted molar refractivity (Wildman–Crippen MR) is 77.8 cm³/mol. The molecule has 0 amide bonds. The van der Waals surface area contributed by atoms with E-state index >= 15 is 0 Å². The van der Waals surface area contributed by atoms with Gasteiger partial charge in [0.2, 0.25) is 0 Å². The molecule has 0 aliphatic heterocycles. The van der Waals surface area contributed by atoms with E-state index in [0.717, 1.165) is 35.2 Å². The molecule has 0 saturated heterocycles. The lowest BCUT2D eigenvalue weighted by Gasteiger charge is -2.18. The van der Waals surface area contributed by atoms with Gasteiger partial charge in [0.25, 0.3) is 0 Å². The Morgan fingerprint density at radius 1 is 1.00 bits per heavy atom. The van der Waals surface area contributed by atoms with Crippen LogP contribution < -0.4 is 15.2 Å². The minimum atomic E-state index is 0.136. The third kappa shape index (κ3) is 1.69. The zero-order valence-electron chi connectivity index (χ0n) is 12.2. The molecule has 0 spiro atoms. The van der Waals surface area contributed by atoms with E-state index < -0.39 is 0 Å². The van der Waals surface area contributed by atoms with Gasteiger partial charge in [0, 0.05) is 12.1 Å². The first-order valence-electron chi connectivity index (χ1n) is 7.71. The maximum absolute atomic E-state index is 6.58. The first kappa shape index (κ1) is 12.5. The molecule has 1 aromatic rings. The molecule has 3 aliphatic rings. The Balaban J connectivity index is 1.59. The van der Waals surface area contributed by atoms with Crippen LogP contribution in [0.15, 0.2) is 18.2 Å². The van der Waals surface area contributed by atoms with Gasteiger partial charge in [-0.3, -0.25) is 0 Å². The van der Waals surface area contributed by atoms with E-state index in [9.17, 15) is 0 Å². The highest BCUT2D eigenvalue weighted by Gasteiger charge is 2.66. The fraction of sp³-hybridized carbons (Fsp3) is 0.647. The monoisotopic (exact) mass is 273 g/mol. The molecule has 2 bridgehead atoms. The minimum absolute atomic E-state index is 0.136. The summed E-state index contributed by atoms with van der Waals surface area (Å²) < 4.78 is 10.7. The summed E-state index contributed by atoms with van der Waals surface area (Å²) in [5, 5.41) is 0. The Kier molecular flexibility index (Phi) is 2.75. The molecular weight excluding hydrogens is 250 g/mol. The highest BCUT2D eigenvalue weighted by Crippen LogP contribution is 2.71. The van der Waals surface area contributed by atoms with Crippen LogP contribution in [0.2, 0.25) is 0 Å². The summed E-state index contributed by atoms with van der Waals surface area (Å²) >= 11 is 0. The van der Waals surface area contributed by atoms with Crippen molar-refractivity contribution < 1.29 is 9.47 Å². The Morgan fingerprint density at radius 3 is 2.05 bits per heavy atom. The van der Waals surface area contributed by atoms with Crippen LogP contribution in [0.5, 0.6) is 11.5 Å². The topological polar surface area (TPSA) is 44.5 Å². The Bertz CT molecular complexity index is 491. The van der Waals surface area contributed by atoms with Crippen LogP contribution in [0.1, 0.15) is 30.9 Å². The van der Waals surface area contributed by atoms with E-state index in [1.807, 2.05) is 6.07 Å². The molecular formula is C17H23NO2. The highest BCUT2D eigenvalue weighted by molar-refractivity contribution is 5.41. The van der Waals surface area contributed by atoms with Crippen molar-refractivity contribution in [3.8, 4) is 11.5 Å². The van der Waals surface area contributed by atoms with Crippen molar-refractivity contribution in [2.45, 2.75) is 25.3 Å². The fourth-order valence-corrected chi connectivity index (χ4v) is 5.12. The van der Waals surface area contributed by atoms with Gasteiger partial charge < -0.3 is 15.2 Å². The van der Waals surface area contributed by atoms with E-state index in [0.29, 0.717) is 5.92 Å². The number of ether oxygens (including phenoxy) is 2. The van der Waals surface area contributed by atoms with Crippen LogP contribution in [-0.2, 0) is 0 Å². The molecule has 20 heavy (non-hydrogen) atoms. The summed E-state index contributed by atoms with van der Waals surface area (Å²) in [5.74, 6) is 6.11. The minimum Gasteiger partial charge on any atom is -0.497 e. The number of benzene rings is 1. The van der Waals surface area contributed by atoms with Gasteiger partial charge in [0.05, 0.1) is 14.2 Å². The average Bonchev–Trinajstić information content (AvgIpc) is 2.92. The van der Waals surface area contributed by atoms with E-state index in [2.05, 4.69) is 12.1 Å². The SMILES string of the molecule is COc1cc(OC)cc(C(N)C2C3C4CCC(C4)C32)c1. The van der Waals surface area contributed by atoms with Gasteiger partial charge in [-0.15, -0.1) is 0 Å². The second-order valence-corrected chi connectivity index (χ2v) is 6.74. The van der Waals surface area contributed by atoms with E-state index in [-0.39, 0.29) is 6.04 Å². The maximum Gasteiger partial charge on any atom is 0.122 e. The Labute approximate surface area is 120 Å². The van der Waals surface area contributed by atoms with Crippen LogP contribution in [0.4, 0.5) is 0 Å². The van der Waals surface area contributed by atoms with Gasteiger partial charge in [-0.2, -0.15) is 0 Å². The number of methoxy groups -OCH3 is 2. The van der Waals surface area contributed by atoms with Gasteiger partial charge in [0.15, 0.2) is 0 Å². The largest absolute Gasteiger partial charge is 0.497 e. The average molecular weight is 273 g/mol. The molecule has 5 atom stereocenters. The third-order valence-electron chi connectivity index (χ3n) is 5.97. The number of hydrogen-bond donors (Lipinski definition) is 1. The molecule has 5 unspecified atom stereocenters. The first-order valence-corrected chi connectivity index (χ1v) is 7.71. The molecule has 3 heteroatoms. The second kappa shape index (κ2) is 4.39. The summed E-state index contributed by atoms with van der Waals surface area (Å²) in [7, 11) is 3.38. The van der Waals surface area contributed by atoms with Gasteiger partial charge in [-0.25, -0.2) is 0 Å². The Hall–Kier alpha value is -1.22. The number of fused-ring (bicyclic) bond motifs is 5. The van der Waals surface area contributed by atoms with Crippen molar-refractivity contribution >= 4 is 0 Å². The molecule has 0 heterocycles. The lowest BCUT2D eigenvalue weighted by Crippen LogP contribution is -2.17. The van der Waals surface area contributed by atoms with Gasteiger partial charge in [-0.1, -0.05) is 0 Å². The highest BCUT2D eigenvalue weighted by atomic mass is 16.5. The summed E-state index contributed by atoms with van der Waals surface area (Å²) in [6.07, 6.45) is 4.35. The third-order valence-corrected chi connectivity index (χ3v) is 5.97. The normalized spacial score (nSPS) is 38.5. The van der Waals surface area contributed by atoms with E-state index in [1.54, 1.807) is 14.2 Å². The molecule has 3 nitrogen and oxygen atoms in total. The molecule has 1 aromatic carbocycles. The van der Waals surface area contributed by atoms with Crippen LogP contribution in [0.25, 0.3) is 0 Å². The predicted octanol–water partition coefficient (Wildman–Crippen LogP) is 3.00. The zero-order chi connectivity index (χ0) is 13.9. The molecule has 3 fully saturated rings. The van der Waals surface area contributed by atoms with Crippen LogP contribution >= 0.6 is 0 Å². The number of hydrogen-bond acceptors (Lipinski definition) is 3. The maximum atomic E-state index is 6.58. The quantitative estimate of drug-likeness (QED) is 0.917. The van der Waals surface area contributed by atoms with Crippen molar-refractivity contribution in [2.75, 3.05) is 14.2 Å². The van der Waals surface area contributed by atoms with E-state index in [4.69, 9.17) is 15.2 Å². The van der Waals surface area contributed by atoms with Gasteiger partial charge in [0.1, 0.15) is 11.5 Å². The number of rotatable bonds is 4. The van der Waals surface area contributed by atoms with Crippen LogP contribution in [-0.4, -0.2) is 14.2 Å². The van der Waals surface area contributed by atoms with Crippen molar-refractivity contribution in [3.63, 3.8) is 0 Å². The fourth-order valence-electron chi connectivity index (χ4n) is 5.12. The molecule has 4 rings (SSSR count). The molecule has 0 aromatic heterocycles. The van der Waals surface area contributed by atoms with Crippen molar-refractivity contribution in [1.82, 2.24) is 0 Å².